The number of hydrogen-bond acceptors (Lipinski definition) is 7. The lowest BCUT2D eigenvalue weighted by Gasteiger charge is -2.18. The molecule has 1 fully saturated rings. The fraction of sp³-hybridized carbons (Fsp3) is 0.615. The highest BCUT2D eigenvalue weighted by Gasteiger charge is 2.44. The minimum atomic E-state index is -1.46. The van der Waals surface area contributed by atoms with Gasteiger partial charge in [0, 0.05) is 17.7 Å². The van der Waals surface area contributed by atoms with Crippen molar-refractivity contribution in [3.05, 3.63) is 32.6 Å². The SMILES string of the molecule is CC(=O)C(C)c1cn([C@@H]2O[C@H](CO)[C@@H](O)[C@H]2O)c(=O)[nH]c1=O. The van der Waals surface area contributed by atoms with Gasteiger partial charge < -0.3 is 20.1 Å². The number of carbonyl (C=O) groups is 1. The number of aliphatic hydroxyl groups excluding tert-OH is 3. The van der Waals surface area contributed by atoms with E-state index in [-0.39, 0.29) is 11.3 Å². The summed E-state index contributed by atoms with van der Waals surface area (Å²) in [6.07, 6.45) is -4.02. The van der Waals surface area contributed by atoms with Gasteiger partial charge in [-0.15, -0.1) is 0 Å². The molecule has 9 heteroatoms. The molecule has 122 valence electrons. The predicted octanol–water partition coefficient (Wildman–Crippen LogP) is -2.16. The highest BCUT2D eigenvalue weighted by atomic mass is 16.6. The van der Waals surface area contributed by atoms with Gasteiger partial charge >= 0.3 is 5.69 Å². The Morgan fingerprint density at radius 1 is 1.41 bits per heavy atom. The Balaban J connectivity index is 2.48. The van der Waals surface area contributed by atoms with Crippen molar-refractivity contribution in [2.45, 2.75) is 44.3 Å². The molecule has 0 amide bonds. The maximum Gasteiger partial charge on any atom is 0.330 e. The second-order valence-electron chi connectivity index (χ2n) is 5.31. The van der Waals surface area contributed by atoms with Crippen LogP contribution >= 0.6 is 0 Å². The Hall–Kier alpha value is -1.81. The molecule has 1 aromatic rings. The largest absolute Gasteiger partial charge is 0.394 e. The van der Waals surface area contributed by atoms with Gasteiger partial charge in [0.15, 0.2) is 6.23 Å². The molecule has 9 nitrogen and oxygen atoms in total. The van der Waals surface area contributed by atoms with E-state index in [9.17, 15) is 24.6 Å². The number of nitrogens with one attached hydrogen (secondary N) is 1. The minimum absolute atomic E-state index is 0.0461. The minimum Gasteiger partial charge on any atom is -0.394 e. The Bertz CT molecular complexity index is 680. The molecule has 4 N–H and O–H groups in total. The van der Waals surface area contributed by atoms with Crippen molar-refractivity contribution in [2.75, 3.05) is 6.61 Å². The molecule has 0 saturated carbocycles. The highest BCUT2D eigenvalue weighted by molar-refractivity contribution is 5.82. The van der Waals surface area contributed by atoms with Crippen LogP contribution in [0.2, 0.25) is 0 Å². The van der Waals surface area contributed by atoms with Crippen LogP contribution < -0.4 is 11.2 Å². The Morgan fingerprint density at radius 3 is 2.55 bits per heavy atom. The zero-order chi connectivity index (χ0) is 16.6. The number of aromatic nitrogens is 2. The van der Waals surface area contributed by atoms with E-state index in [1.807, 2.05) is 0 Å². The lowest BCUT2D eigenvalue weighted by molar-refractivity contribution is -0.118. The zero-order valence-electron chi connectivity index (χ0n) is 12.1. The standard InChI is InChI=1S/C13H18N2O7/c1-5(6(2)17)7-3-15(13(21)14-11(7)20)12-10(19)9(18)8(4-16)22-12/h3,5,8-10,12,16,18-19H,4H2,1-2H3,(H,14,20,21)/t5?,8-,9-,10-,12-/m1/s1. The molecule has 0 aromatic carbocycles. The molecule has 1 aliphatic rings. The summed E-state index contributed by atoms with van der Waals surface area (Å²) in [5, 5.41) is 28.7. The van der Waals surface area contributed by atoms with Crippen molar-refractivity contribution >= 4 is 5.78 Å². The first-order valence-electron chi connectivity index (χ1n) is 6.76. The van der Waals surface area contributed by atoms with Crippen LogP contribution in [0.15, 0.2) is 15.8 Å². The van der Waals surface area contributed by atoms with Crippen molar-refractivity contribution in [2.24, 2.45) is 0 Å². The van der Waals surface area contributed by atoms with E-state index in [0.717, 1.165) is 10.8 Å². The van der Waals surface area contributed by atoms with Crippen LogP contribution in [0, 0.1) is 0 Å². The third-order valence-electron chi connectivity index (χ3n) is 3.86. The number of aliphatic hydroxyl groups is 3. The third kappa shape index (κ3) is 2.75. The fourth-order valence-corrected chi connectivity index (χ4v) is 2.33. The zero-order valence-corrected chi connectivity index (χ0v) is 12.1. The maximum atomic E-state index is 11.9. The van der Waals surface area contributed by atoms with E-state index in [0.29, 0.717) is 0 Å². The molecule has 0 spiro atoms. The van der Waals surface area contributed by atoms with E-state index in [4.69, 9.17) is 9.84 Å². The Morgan fingerprint density at radius 2 is 2.05 bits per heavy atom. The lowest BCUT2D eigenvalue weighted by Crippen LogP contribution is -2.39. The predicted molar refractivity (Wildman–Crippen MR) is 73.4 cm³/mol. The van der Waals surface area contributed by atoms with E-state index in [1.54, 1.807) is 0 Å². The molecule has 1 unspecified atom stereocenters. The van der Waals surface area contributed by atoms with E-state index < -0.39 is 48.3 Å². The lowest BCUT2D eigenvalue weighted by atomic mass is 10.0. The van der Waals surface area contributed by atoms with E-state index in [1.165, 1.54) is 13.8 Å². The summed E-state index contributed by atoms with van der Waals surface area (Å²) in [6.45, 7) is 2.29. The van der Waals surface area contributed by atoms with Gasteiger partial charge in [-0.05, 0) is 6.92 Å². The molecule has 1 saturated heterocycles. The monoisotopic (exact) mass is 314 g/mol. The molecule has 2 heterocycles. The number of nitrogens with zero attached hydrogens (tertiary/aromatic N) is 1. The molecule has 1 aliphatic heterocycles. The number of H-pyrrole nitrogens is 1. The number of hydrogen-bond donors (Lipinski definition) is 4. The first-order valence-corrected chi connectivity index (χ1v) is 6.76. The molecular formula is C13H18N2O7. The van der Waals surface area contributed by atoms with Crippen LogP contribution in [-0.4, -0.2) is 55.6 Å². The maximum absolute atomic E-state index is 11.9. The van der Waals surface area contributed by atoms with Crippen molar-refractivity contribution in [3.63, 3.8) is 0 Å². The van der Waals surface area contributed by atoms with Crippen molar-refractivity contribution in [1.82, 2.24) is 9.55 Å². The first-order chi connectivity index (χ1) is 10.3. The molecule has 0 radical (unpaired) electrons. The summed E-state index contributed by atoms with van der Waals surface area (Å²) >= 11 is 0. The van der Waals surface area contributed by atoms with Gasteiger partial charge in [0.05, 0.1) is 6.61 Å². The van der Waals surface area contributed by atoms with Crippen LogP contribution in [0.1, 0.15) is 31.6 Å². The van der Waals surface area contributed by atoms with Crippen LogP contribution in [0.25, 0.3) is 0 Å². The average Bonchev–Trinajstić information content (AvgIpc) is 2.74. The van der Waals surface area contributed by atoms with E-state index >= 15 is 0 Å². The molecule has 0 bridgehead atoms. The number of ether oxygens (including phenoxy) is 1. The summed E-state index contributed by atoms with van der Waals surface area (Å²) in [4.78, 5) is 37.2. The quantitative estimate of drug-likeness (QED) is 0.496. The van der Waals surface area contributed by atoms with E-state index in [2.05, 4.69) is 4.98 Å². The summed E-state index contributed by atoms with van der Waals surface area (Å²) in [5.41, 5.74) is -1.50. The van der Waals surface area contributed by atoms with Crippen LogP contribution in [-0.2, 0) is 9.53 Å². The fourth-order valence-electron chi connectivity index (χ4n) is 2.33. The number of carbonyl (C=O) groups excluding carboxylic acids is 1. The number of Topliss-reactive ketones (excluding diaryl/α,β-unsaturated/α-hetero) is 1. The molecule has 22 heavy (non-hydrogen) atoms. The Kier molecular flexibility index (Phi) is 4.61. The topological polar surface area (TPSA) is 142 Å². The number of aromatic amines is 1. The highest BCUT2D eigenvalue weighted by Crippen LogP contribution is 2.28. The average molecular weight is 314 g/mol. The Labute approximate surface area is 124 Å². The number of rotatable bonds is 4. The van der Waals surface area contributed by atoms with Gasteiger partial charge in [-0.2, -0.15) is 0 Å². The normalized spacial score (nSPS) is 29.5. The van der Waals surface area contributed by atoms with Crippen LogP contribution in [0.5, 0.6) is 0 Å². The van der Waals surface area contributed by atoms with Crippen molar-refractivity contribution in [3.8, 4) is 0 Å². The summed E-state index contributed by atoms with van der Waals surface area (Å²) in [5.74, 6) is -1.01. The summed E-state index contributed by atoms with van der Waals surface area (Å²) < 4.78 is 6.15. The van der Waals surface area contributed by atoms with Gasteiger partial charge in [0.2, 0.25) is 0 Å². The van der Waals surface area contributed by atoms with Crippen molar-refractivity contribution in [1.29, 1.82) is 0 Å². The second-order valence-corrected chi connectivity index (χ2v) is 5.31. The van der Waals surface area contributed by atoms with Gasteiger partial charge in [-0.3, -0.25) is 19.1 Å². The van der Waals surface area contributed by atoms with Crippen LogP contribution in [0.4, 0.5) is 0 Å². The molecular weight excluding hydrogens is 296 g/mol. The van der Waals surface area contributed by atoms with Gasteiger partial charge in [0.1, 0.15) is 24.1 Å². The molecule has 1 aromatic heterocycles. The smallest absolute Gasteiger partial charge is 0.330 e. The summed E-state index contributed by atoms with van der Waals surface area (Å²) in [6, 6.07) is 0. The molecule has 5 atom stereocenters. The van der Waals surface area contributed by atoms with Crippen molar-refractivity contribution < 1.29 is 24.9 Å². The van der Waals surface area contributed by atoms with Gasteiger partial charge in [-0.25, -0.2) is 4.79 Å². The first kappa shape index (κ1) is 16.6. The van der Waals surface area contributed by atoms with Crippen LogP contribution in [0.3, 0.4) is 0 Å². The molecule has 0 aliphatic carbocycles. The number of ketones is 1. The van der Waals surface area contributed by atoms with Gasteiger partial charge in [-0.1, -0.05) is 6.92 Å². The third-order valence-corrected chi connectivity index (χ3v) is 3.86. The summed E-state index contributed by atoms with van der Waals surface area (Å²) in [7, 11) is 0. The second kappa shape index (κ2) is 6.13. The molecule has 2 rings (SSSR count). The van der Waals surface area contributed by atoms with Gasteiger partial charge in [0.25, 0.3) is 5.56 Å².